The summed E-state index contributed by atoms with van der Waals surface area (Å²) in [6.07, 6.45) is 0. The molecule has 0 saturated carbocycles. The van der Waals surface area contributed by atoms with E-state index in [1.54, 1.807) is 0 Å². The van der Waals surface area contributed by atoms with Crippen LogP contribution < -0.4 is 0 Å². The molecule has 0 radical (unpaired) electrons. The van der Waals surface area contributed by atoms with Crippen molar-refractivity contribution in [2.24, 2.45) is 0 Å². The number of phenols is 1. The summed E-state index contributed by atoms with van der Waals surface area (Å²) in [6, 6.07) is 61.0. The van der Waals surface area contributed by atoms with E-state index in [0.717, 1.165) is 66.1 Å². The van der Waals surface area contributed by atoms with Crippen LogP contribution in [0.2, 0.25) is 0 Å². The van der Waals surface area contributed by atoms with Gasteiger partial charge in [-0.05, 0) is 63.4 Å². The van der Waals surface area contributed by atoms with Crippen LogP contribution >= 0.6 is 0 Å². The molecule has 0 saturated heterocycles. The summed E-state index contributed by atoms with van der Waals surface area (Å²) < 4.78 is 6.22. The van der Waals surface area contributed by atoms with Crippen LogP contribution in [0.25, 0.3) is 100 Å². The van der Waals surface area contributed by atoms with Crippen LogP contribution in [0.3, 0.4) is 0 Å². The molecule has 0 amide bonds. The van der Waals surface area contributed by atoms with Crippen molar-refractivity contribution in [3.63, 3.8) is 0 Å². The number of hydrogen-bond acceptors (Lipinski definition) is 5. The monoisotopic (exact) mass is 693 g/mol. The highest BCUT2D eigenvalue weighted by atomic mass is 16.3. The van der Waals surface area contributed by atoms with E-state index in [9.17, 15) is 5.11 Å². The number of nitrogens with zero attached hydrogens (tertiary/aromatic N) is 3. The fourth-order valence-corrected chi connectivity index (χ4v) is 7.42. The fourth-order valence-electron chi connectivity index (χ4n) is 7.42. The second-order valence-corrected chi connectivity index (χ2v) is 13.3. The summed E-state index contributed by atoms with van der Waals surface area (Å²) in [5.41, 5.74) is 9.29. The van der Waals surface area contributed by atoms with Crippen molar-refractivity contribution in [1.82, 2.24) is 15.0 Å². The van der Waals surface area contributed by atoms with Crippen LogP contribution in [0.1, 0.15) is 0 Å². The first-order valence-corrected chi connectivity index (χ1v) is 17.9. The number of aromatic nitrogens is 3. The van der Waals surface area contributed by atoms with Crippen LogP contribution in [-0.2, 0) is 0 Å². The fraction of sp³-hybridized carbons (Fsp3) is 0. The van der Waals surface area contributed by atoms with E-state index in [0.29, 0.717) is 34.2 Å². The molecule has 10 rings (SSSR count). The smallest absolute Gasteiger partial charge is 0.164 e. The number of para-hydroxylation sites is 1. The van der Waals surface area contributed by atoms with Gasteiger partial charge in [0.05, 0.1) is 0 Å². The minimum absolute atomic E-state index is 0.137. The lowest BCUT2D eigenvalue weighted by Gasteiger charge is -2.17. The quantitative estimate of drug-likeness (QED) is 0.188. The molecule has 1 N–H and O–H groups in total. The SMILES string of the molecule is Oc1c(-c2cccc3oc4ccccc4c23)ccc(-c2nc(-c3ccc(-c4ccccc4)cc3)nc(-c3ccc4ccccc4c3)n2)c1-c1ccccc1. The summed E-state index contributed by atoms with van der Waals surface area (Å²) in [7, 11) is 0. The van der Waals surface area contributed by atoms with Gasteiger partial charge in [-0.3, -0.25) is 0 Å². The summed E-state index contributed by atoms with van der Waals surface area (Å²) in [6.45, 7) is 0. The lowest BCUT2D eigenvalue weighted by Crippen LogP contribution is -2.01. The number of furan rings is 1. The Kier molecular flexibility index (Phi) is 7.55. The molecule has 2 aromatic heterocycles. The Labute approximate surface area is 311 Å². The van der Waals surface area contributed by atoms with Crippen LogP contribution in [0.5, 0.6) is 5.75 Å². The normalized spacial score (nSPS) is 11.4. The molecule has 5 heteroatoms. The lowest BCUT2D eigenvalue weighted by molar-refractivity contribution is 0.479. The minimum Gasteiger partial charge on any atom is -0.507 e. The van der Waals surface area contributed by atoms with Crippen LogP contribution in [-0.4, -0.2) is 20.1 Å². The molecule has 2 heterocycles. The molecule has 10 aromatic rings. The highest BCUT2D eigenvalue weighted by Crippen LogP contribution is 2.47. The Morgan fingerprint density at radius 1 is 0.370 bits per heavy atom. The number of phenolic OH excluding ortho intramolecular Hbond substituents is 1. The van der Waals surface area contributed by atoms with Gasteiger partial charge in [0, 0.05) is 38.6 Å². The average Bonchev–Trinajstić information content (AvgIpc) is 3.63. The Morgan fingerprint density at radius 2 is 0.944 bits per heavy atom. The van der Waals surface area contributed by atoms with Crippen molar-refractivity contribution < 1.29 is 9.52 Å². The molecule has 8 aromatic carbocycles. The van der Waals surface area contributed by atoms with Crippen LogP contribution in [0.15, 0.2) is 186 Å². The predicted molar refractivity (Wildman–Crippen MR) is 219 cm³/mol. The van der Waals surface area contributed by atoms with E-state index in [1.807, 2.05) is 109 Å². The maximum absolute atomic E-state index is 12.4. The Balaban J connectivity index is 1.19. The number of rotatable bonds is 6. The molecule has 0 spiro atoms. The zero-order chi connectivity index (χ0) is 36.0. The molecule has 0 aliphatic rings. The van der Waals surface area contributed by atoms with Gasteiger partial charge < -0.3 is 9.52 Å². The second kappa shape index (κ2) is 13.0. The van der Waals surface area contributed by atoms with E-state index in [2.05, 4.69) is 72.8 Å². The summed E-state index contributed by atoms with van der Waals surface area (Å²) in [4.78, 5) is 15.3. The standard InChI is InChI=1S/C49H31N3O2/c53-46-39(38-19-11-21-43-45(38)40-18-9-10-20-42(40)54-43)28-29-41(44(46)34-15-5-2-6-16-34)49-51-47(35-25-22-33(23-26-35)31-12-3-1-4-13-31)50-48(52-49)37-27-24-32-14-7-8-17-36(32)30-37/h1-30,53H. The summed E-state index contributed by atoms with van der Waals surface area (Å²) in [5.74, 6) is 1.69. The molecule has 0 atom stereocenters. The first-order valence-electron chi connectivity index (χ1n) is 17.9. The van der Waals surface area contributed by atoms with Crippen LogP contribution in [0.4, 0.5) is 0 Å². The third kappa shape index (κ3) is 5.47. The maximum atomic E-state index is 12.4. The number of fused-ring (bicyclic) bond motifs is 4. The van der Waals surface area contributed by atoms with Crippen molar-refractivity contribution in [2.75, 3.05) is 0 Å². The van der Waals surface area contributed by atoms with Crippen LogP contribution in [0, 0.1) is 0 Å². The van der Waals surface area contributed by atoms with E-state index < -0.39 is 0 Å². The molecule has 0 bridgehead atoms. The van der Waals surface area contributed by atoms with Gasteiger partial charge in [-0.25, -0.2) is 15.0 Å². The highest BCUT2D eigenvalue weighted by molar-refractivity contribution is 6.13. The van der Waals surface area contributed by atoms with Crippen molar-refractivity contribution in [2.45, 2.75) is 0 Å². The molecule has 0 aliphatic heterocycles. The molecule has 0 fully saturated rings. The Hall–Kier alpha value is -7.37. The van der Waals surface area contributed by atoms with E-state index in [1.165, 1.54) is 0 Å². The largest absolute Gasteiger partial charge is 0.507 e. The predicted octanol–water partition coefficient (Wildman–Crippen LogP) is 12.6. The Bertz CT molecular complexity index is 2990. The Morgan fingerprint density at radius 3 is 1.74 bits per heavy atom. The second-order valence-electron chi connectivity index (χ2n) is 13.3. The van der Waals surface area contributed by atoms with Crippen molar-refractivity contribution in [3.8, 4) is 73.3 Å². The topological polar surface area (TPSA) is 72.0 Å². The van der Waals surface area contributed by atoms with Gasteiger partial charge in [-0.15, -0.1) is 0 Å². The summed E-state index contributed by atoms with van der Waals surface area (Å²) >= 11 is 0. The molecular formula is C49H31N3O2. The van der Waals surface area contributed by atoms with E-state index >= 15 is 0 Å². The van der Waals surface area contributed by atoms with Gasteiger partial charge in [0.1, 0.15) is 16.9 Å². The number of hydrogen-bond donors (Lipinski definition) is 1. The molecule has 54 heavy (non-hydrogen) atoms. The first-order chi connectivity index (χ1) is 26.7. The minimum atomic E-state index is 0.137. The molecule has 5 nitrogen and oxygen atoms in total. The summed E-state index contributed by atoms with van der Waals surface area (Å²) in [5, 5.41) is 16.6. The average molecular weight is 694 g/mol. The van der Waals surface area contributed by atoms with Gasteiger partial charge in [0.15, 0.2) is 17.5 Å². The van der Waals surface area contributed by atoms with Gasteiger partial charge in [-0.2, -0.15) is 0 Å². The van der Waals surface area contributed by atoms with Crippen molar-refractivity contribution >= 4 is 32.7 Å². The first kappa shape index (κ1) is 31.4. The third-order valence-electron chi connectivity index (χ3n) is 10.1. The van der Waals surface area contributed by atoms with Gasteiger partial charge in [0.25, 0.3) is 0 Å². The number of benzene rings is 8. The van der Waals surface area contributed by atoms with Gasteiger partial charge >= 0.3 is 0 Å². The van der Waals surface area contributed by atoms with E-state index in [4.69, 9.17) is 19.4 Å². The highest BCUT2D eigenvalue weighted by Gasteiger charge is 2.23. The lowest BCUT2D eigenvalue weighted by atomic mass is 9.91. The molecular weight excluding hydrogens is 663 g/mol. The zero-order valence-electron chi connectivity index (χ0n) is 29.0. The molecule has 0 unspecified atom stereocenters. The van der Waals surface area contributed by atoms with Crippen molar-refractivity contribution in [1.29, 1.82) is 0 Å². The maximum Gasteiger partial charge on any atom is 0.164 e. The van der Waals surface area contributed by atoms with Gasteiger partial charge in [-0.1, -0.05) is 152 Å². The molecule has 254 valence electrons. The zero-order valence-corrected chi connectivity index (χ0v) is 29.0. The number of aromatic hydroxyl groups is 1. The van der Waals surface area contributed by atoms with Gasteiger partial charge in [0.2, 0.25) is 0 Å². The van der Waals surface area contributed by atoms with Crippen molar-refractivity contribution in [3.05, 3.63) is 182 Å². The van der Waals surface area contributed by atoms with E-state index in [-0.39, 0.29) is 5.75 Å². The molecule has 0 aliphatic carbocycles. The third-order valence-corrected chi connectivity index (χ3v) is 10.1.